The number of hydrogen-bond acceptors (Lipinski definition) is 9. The van der Waals surface area contributed by atoms with Crippen molar-refractivity contribution in [1.29, 1.82) is 0 Å². The minimum absolute atomic E-state index is 0.158. The van der Waals surface area contributed by atoms with Gasteiger partial charge in [0.2, 0.25) is 0 Å². The third-order valence-electron chi connectivity index (χ3n) is 11.7. The number of allylic oxidation sites excluding steroid dienone is 4. The van der Waals surface area contributed by atoms with Crippen molar-refractivity contribution in [3.05, 3.63) is 24.3 Å². The average molecular weight is 928 g/mol. The zero-order chi connectivity index (χ0) is 47.0. The van der Waals surface area contributed by atoms with Gasteiger partial charge in [-0.25, -0.2) is 4.57 Å². The Morgan fingerprint density at radius 2 is 0.844 bits per heavy atom. The van der Waals surface area contributed by atoms with Crippen molar-refractivity contribution >= 4 is 25.7 Å². The first-order valence-electron chi connectivity index (χ1n) is 26.4. The largest absolute Gasteiger partial charge is 0.480 e. The molecule has 0 aliphatic rings. The van der Waals surface area contributed by atoms with Gasteiger partial charge in [0, 0.05) is 12.8 Å². The number of carbonyl (C=O) groups is 3. The lowest BCUT2D eigenvalue weighted by atomic mass is 10.0. The molecule has 3 atom stereocenters. The molecule has 12 heteroatoms. The van der Waals surface area contributed by atoms with Crippen LogP contribution in [0.1, 0.15) is 258 Å². The average Bonchev–Trinajstić information content (AvgIpc) is 3.27. The van der Waals surface area contributed by atoms with Gasteiger partial charge in [0.25, 0.3) is 0 Å². The molecule has 0 aromatic rings. The van der Waals surface area contributed by atoms with E-state index < -0.39 is 51.1 Å². The normalized spacial score (nSPS) is 13.7. The van der Waals surface area contributed by atoms with Crippen LogP contribution in [0.2, 0.25) is 0 Å². The summed E-state index contributed by atoms with van der Waals surface area (Å²) in [4.78, 5) is 46.2. The van der Waals surface area contributed by atoms with Gasteiger partial charge in [0.15, 0.2) is 6.10 Å². The molecule has 0 saturated heterocycles. The molecule has 0 amide bonds. The highest BCUT2D eigenvalue weighted by Gasteiger charge is 2.28. The van der Waals surface area contributed by atoms with E-state index in [9.17, 15) is 23.8 Å². The predicted molar refractivity (Wildman–Crippen MR) is 263 cm³/mol. The first-order chi connectivity index (χ1) is 31.1. The number of nitrogens with two attached hydrogens (primary N) is 1. The fourth-order valence-corrected chi connectivity index (χ4v) is 8.36. The number of ether oxygens (including phenoxy) is 2. The van der Waals surface area contributed by atoms with Gasteiger partial charge in [-0.1, -0.05) is 231 Å². The molecule has 0 radical (unpaired) electrons. The van der Waals surface area contributed by atoms with Crippen molar-refractivity contribution < 1.29 is 47.5 Å². The molecule has 0 rings (SSSR count). The highest BCUT2D eigenvalue weighted by molar-refractivity contribution is 7.47. The Morgan fingerprint density at radius 1 is 0.484 bits per heavy atom. The highest BCUT2D eigenvalue weighted by atomic mass is 31.2. The molecule has 0 aromatic heterocycles. The Hall–Kier alpha value is -2.04. The first kappa shape index (κ1) is 62.0. The number of aliphatic carboxylic acids is 1. The van der Waals surface area contributed by atoms with E-state index in [2.05, 4.69) is 36.6 Å². The number of carbonyl (C=O) groups excluding carboxylic acids is 2. The summed E-state index contributed by atoms with van der Waals surface area (Å²) >= 11 is 0. The Bertz CT molecular complexity index is 1180. The molecule has 0 fully saturated rings. The predicted octanol–water partition coefficient (Wildman–Crippen LogP) is 15.0. The van der Waals surface area contributed by atoms with Crippen LogP contribution in [0.5, 0.6) is 0 Å². The lowest BCUT2D eigenvalue weighted by molar-refractivity contribution is -0.161. The molecule has 0 saturated carbocycles. The number of rotatable bonds is 50. The number of hydrogen-bond donors (Lipinski definition) is 3. The van der Waals surface area contributed by atoms with Gasteiger partial charge >= 0.3 is 25.7 Å². The maximum Gasteiger partial charge on any atom is 0.472 e. The van der Waals surface area contributed by atoms with Crippen LogP contribution in [0.25, 0.3) is 0 Å². The van der Waals surface area contributed by atoms with Crippen molar-refractivity contribution in [3.63, 3.8) is 0 Å². The standard InChI is InChI=1S/C52H98NO10P/c1-3-5-7-9-11-13-15-17-19-21-22-23-24-25-26-28-30-32-34-36-38-40-42-44-51(55)63-48(46-61-64(58,59)62-47-49(53)52(56)57)45-60-50(54)43-41-39-37-35-33-31-29-27-20-18-16-14-12-10-8-6-4-2/h29,31,35,37,48-49H,3-28,30,32-34,36,38-47,53H2,1-2H3,(H,56,57)(H,58,59)/b31-29+,37-35+/t48-,49-/m0/s1. The second-order valence-electron chi connectivity index (χ2n) is 18.0. The third-order valence-corrected chi connectivity index (χ3v) is 12.7. The number of carboxylic acid groups (broad SMARTS) is 1. The van der Waals surface area contributed by atoms with Gasteiger partial charge < -0.3 is 25.2 Å². The van der Waals surface area contributed by atoms with E-state index in [0.29, 0.717) is 19.3 Å². The minimum atomic E-state index is -4.73. The molecule has 0 aromatic carbocycles. The zero-order valence-electron chi connectivity index (χ0n) is 41.1. The first-order valence-corrected chi connectivity index (χ1v) is 27.9. The summed E-state index contributed by atoms with van der Waals surface area (Å²) in [6.45, 7) is 2.81. The van der Waals surface area contributed by atoms with Crippen LogP contribution in [0.15, 0.2) is 24.3 Å². The number of unbranched alkanes of at least 4 members (excludes halogenated alkanes) is 32. The second-order valence-corrected chi connectivity index (χ2v) is 19.5. The number of carboxylic acids is 1. The Labute approximate surface area is 391 Å². The van der Waals surface area contributed by atoms with Crippen molar-refractivity contribution in [2.45, 2.75) is 270 Å². The number of phosphoric ester groups is 1. The van der Waals surface area contributed by atoms with Crippen LogP contribution < -0.4 is 5.73 Å². The summed E-state index contributed by atoms with van der Waals surface area (Å²) in [6, 6.07) is -1.53. The van der Waals surface area contributed by atoms with Crippen LogP contribution in [0, 0.1) is 0 Å². The van der Waals surface area contributed by atoms with Gasteiger partial charge in [-0.05, 0) is 38.5 Å². The molecular formula is C52H98NO10P. The molecule has 0 aliphatic heterocycles. The lowest BCUT2D eigenvalue weighted by Crippen LogP contribution is -2.34. The summed E-state index contributed by atoms with van der Waals surface area (Å²) in [5.74, 6) is -2.42. The van der Waals surface area contributed by atoms with Crippen molar-refractivity contribution in [1.82, 2.24) is 0 Å². The Kier molecular flexibility index (Phi) is 45.9. The molecule has 4 N–H and O–H groups in total. The van der Waals surface area contributed by atoms with E-state index in [0.717, 1.165) is 32.1 Å². The molecule has 376 valence electrons. The molecule has 11 nitrogen and oxygen atoms in total. The van der Waals surface area contributed by atoms with Crippen molar-refractivity contribution in [2.24, 2.45) is 5.73 Å². The van der Waals surface area contributed by atoms with Crippen LogP contribution in [0.3, 0.4) is 0 Å². The van der Waals surface area contributed by atoms with Gasteiger partial charge in [0.05, 0.1) is 13.2 Å². The number of phosphoric acid groups is 1. The van der Waals surface area contributed by atoms with E-state index in [1.807, 2.05) is 6.08 Å². The van der Waals surface area contributed by atoms with E-state index >= 15 is 0 Å². The maximum atomic E-state index is 12.7. The summed E-state index contributed by atoms with van der Waals surface area (Å²) in [7, 11) is -4.73. The van der Waals surface area contributed by atoms with Crippen LogP contribution in [-0.2, 0) is 37.5 Å². The van der Waals surface area contributed by atoms with Gasteiger partial charge in [0.1, 0.15) is 12.6 Å². The third kappa shape index (κ3) is 46.5. The lowest BCUT2D eigenvalue weighted by Gasteiger charge is -2.20. The Balaban J connectivity index is 4.23. The van der Waals surface area contributed by atoms with E-state index in [-0.39, 0.29) is 19.4 Å². The minimum Gasteiger partial charge on any atom is -0.480 e. The molecule has 0 spiro atoms. The summed E-state index contributed by atoms with van der Waals surface area (Å²) in [5, 5.41) is 8.92. The zero-order valence-corrected chi connectivity index (χ0v) is 42.0. The molecule has 64 heavy (non-hydrogen) atoms. The van der Waals surface area contributed by atoms with Gasteiger partial charge in [-0.3, -0.25) is 23.4 Å². The molecular weight excluding hydrogens is 830 g/mol. The highest BCUT2D eigenvalue weighted by Crippen LogP contribution is 2.43. The fourth-order valence-electron chi connectivity index (χ4n) is 7.58. The topological polar surface area (TPSA) is 172 Å². The van der Waals surface area contributed by atoms with Crippen molar-refractivity contribution in [2.75, 3.05) is 19.8 Å². The van der Waals surface area contributed by atoms with Crippen LogP contribution in [0.4, 0.5) is 0 Å². The monoisotopic (exact) mass is 928 g/mol. The fraction of sp³-hybridized carbons (Fsp3) is 0.865. The summed E-state index contributed by atoms with van der Waals surface area (Å²) in [5.41, 5.74) is 5.35. The number of esters is 2. The summed E-state index contributed by atoms with van der Waals surface area (Å²) < 4.78 is 32.8. The van der Waals surface area contributed by atoms with Gasteiger partial charge in [-0.15, -0.1) is 0 Å². The molecule has 0 heterocycles. The van der Waals surface area contributed by atoms with Crippen molar-refractivity contribution in [3.8, 4) is 0 Å². The molecule has 0 aliphatic carbocycles. The Morgan fingerprint density at radius 3 is 1.27 bits per heavy atom. The van der Waals surface area contributed by atoms with E-state index in [4.69, 9.17) is 24.8 Å². The smallest absolute Gasteiger partial charge is 0.472 e. The summed E-state index contributed by atoms with van der Waals surface area (Å²) in [6.07, 6.45) is 52.6. The maximum absolute atomic E-state index is 12.7. The quantitative estimate of drug-likeness (QED) is 0.0229. The molecule has 0 bridgehead atoms. The SMILES string of the molecule is CCCCCCCCCCC/C=C/C/C=C/CCCC(=O)OC[C@@H](COP(=O)(O)OC[C@H](N)C(=O)O)OC(=O)CCCCCCCCCCCCCCCCCCCCCCCCC. The van der Waals surface area contributed by atoms with E-state index in [1.54, 1.807) is 0 Å². The molecule has 1 unspecified atom stereocenters. The second kappa shape index (κ2) is 47.5. The van der Waals surface area contributed by atoms with Crippen LogP contribution in [-0.4, -0.2) is 59.9 Å². The van der Waals surface area contributed by atoms with Gasteiger partial charge in [-0.2, -0.15) is 0 Å². The van der Waals surface area contributed by atoms with E-state index in [1.165, 1.54) is 180 Å². The van der Waals surface area contributed by atoms with Crippen LogP contribution >= 0.6 is 7.82 Å².